The van der Waals surface area contributed by atoms with E-state index in [9.17, 15) is 0 Å². The van der Waals surface area contributed by atoms with E-state index in [-0.39, 0.29) is 25.7 Å². The van der Waals surface area contributed by atoms with E-state index in [2.05, 4.69) is 168 Å². The van der Waals surface area contributed by atoms with Crippen molar-refractivity contribution in [1.29, 1.82) is 0 Å². The van der Waals surface area contributed by atoms with Crippen molar-refractivity contribution < 1.29 is 8.83 Å². The second-order valence-electron chi connectivity index (χ2n) is 25.1. The lowest BCUT2D eigenvalue weighted by Gasteiger charge is -2.30. The average Bonchev–Trinajstić information content (AvgIpc) is 1.49. The Morgan fingerprint density at radius 2 is 0.804 bits per heavy atom. The minimum atomic E-state index is -0.117. The molecule has 0 aliphatic heterocycles. The summed E-state index contributed by atoms with van der Waals surface area (Å²) in [5.74, 6) is 1.20. The highest BCUT2D eigenvalue weighted by atomic mass is 35.5. The Hall–Kier alpha value is -10.5. The topological polar surface area (TPSA) is 122 Å². The van der Waals surface area contributed by atoms with Crippen LogP contribution in [-0.4, -0.2) is 19.9 Å². The lowest BCUT2D eigenvalue weighted by molar-refractivity contribution is 0.590. The molecule has 0 saturated heterocycles. The summed E-state index contributed by atoms with van der Waals surface area (Å²) in [5.41, 5.74) is 25.5. The summed E-state index contributed by atoms with van der Waals surface area (Å²) < 4.78 is 11.9. The number of nitrogens with one attached hydrogen (secondary N) is 1. The number of nitrogen functional groups attached to an aromatic ring is 1. The number of oxazole rings is 2. The van der Waals surface area contributed by atoms with Gasteiger partial charge in [-0.05, 0) is 179 Å². The zero-order chi connectivity index (χ0) is 66.1. The van der Waals surface area contributed by atoms with Crippen molar-refractivity contribution >= 4 is 96.8 Å². The van der Waals surface area contributed by atoms with Gasteiger partial charge in [-0.3, -0.25) is 9.97 Å². The summed E-state index contributed by atoms with van der Waals surface area (Å²) in [6.45, 7) is 14.5. The second kappa shape index (κ2) is 30.9. The zero-order valence-corrected chi connectivity index (χ0v) is 56.0. The van der Waals surface area contributed by atoms with Crippen molar-refractivity contribution in [2.45, 2.75) is 80.3 Å². The van der Waals surface area contributed by atoms with Crippen molar-refractivity contribution in [3.05, 3.63) is 317 Å². The number of fused-ring (bicyclic) bond motifs is 2. The Morgan fingerprint density at radius 1 is 0.412 bits per heavy atom. The minimum absolute atomic E-state index is 0. The molecule has 0 spiro atoms. The molecule has 4 heterocycles. The zero-order valence-electron chi connectivity index (χ0n) is 53.7. The number of pyridine rings is 2. The molecule has 0 aliphatic carbocycles. The van der Waals surface area contributed by atoms with Crippen LogP contribution in [0.1, 0.15) is 78.6 Å². The van der Waals surface area contributed by atoms with Crippen molar-refractivity contribution in [3.63, 3.8) is 0 Å². The van der Waals surface area contributed by atoms with Gasteiger partial charge in [0.1, 0.15) is 11.0 Å². The quantitative estimate of drug-likeness (QED) is 0.102. The first-order chi connectivity index (χ1) is 46.0. The van der Waals surface area contributed by atoms with Crippen LogP contribution in [0.5, 0.6) is 0 Å². The van der Waals surface area contributed by atoms with Gasteiger partial charge >= 0.3 is 0 Å². The average molecular weight is 1340 g/mol. The van der Waals surface area contributed by atoms with Crippen LogP contribution in [0, 0.1) is 0 Å². The van der Waals surface area contributed by atoms with Crippen molar-refractivity contribution in [2.24, 2.45) is 0 Å². The van der Waals surface area contributed by atoms with E-state index in [1.807, 2.05) is 182 Å². The molecule has 488 valence electrons. The fraction of sp³-hybridized carbons (Fsp3) is 0.143. The maximum absolute atomic E-state index is 7.35. The van der Waals surface area contributed by atoms with Gasteiger partial charge in [0.25, 0.3) is 0 Å². The molecular weight excluding hydrogens is 1260 g/mol. The highest BCUT2D eigenvalue weighted by Crippen LogP contribution is 2.45. The molecule has 0 atom stereocenters. The molecule has 10 aromatic carbocycles. The van der Waals surface area contributed by atoms with Crippen LogP contribution in [0.3, 0.4) is 0 Å². The van der Waals surface area contributed by atoms with Crippen LogP contribution < -0.4 is 20.9 Å². The number of para-hydroxylation sites is 4. The summed E-state index contributed by atoms with van der Waals surface area (Å²) in [7, 11) is 0. The van der Waals surface area contributed by atoms with Gasteiger partial charge in [0.15, 0.2) is 11.2 Å². The highest BCUT2D eigenvalue weighted by molar-refractivity contribution is 6.44. The lowest BCUT2D eigenvalue weighted by Crippen LogP contribution is -2.19. The Kier molecular flexibility index (Phi) is 22.1. The molecule has 10 nitrogen and oxygen atoms in total. The number of hydrogen-bond donors (Lipinski definition) is 2. The molecular formula is C84H79Cl3N8O2. The van der Waals surface area contributed by atoms with E-state index < -0.39 is 0 Å². The van der Waals surface area contributed by atoms with Gasteiger partial charge in [-0.1, -0.05) is 213 Å². The van der Waals surface area contributed by atoms with Crippen molar-refractivity contribution in [2.75, 3.05) is 20.9 Å². The number of benzene rings is 10. The minimum Gasteiger partial charge on any atom is -0.436 e. The second-order valence-corrected chi connectivity index (χ2v) is 26.3. The predicted octanol–water partition coefficient (Wildman–Crippen LogP) is 24.6. The lowest BCUT2D eigenvalue weighted by atomic mass is 9.86. The molecule has 0 fully saturated rings. The van der Waals surface area contributed by atoms with E-state index >= 15 is 0 Å². The van der Waals surface area contributed by atoms with E-state index in [0.717, 1.165) is 101 Å². The fourth-order valence-corrected chi connectivity index (χ4v) is 11.5. The van der Waals surface area contributed by atoms with Crippen LogP contribution >= 0.6 is 34.8 Å². The highest BCUT2D eigenvalue weighted by Gasteiger charge is 2.25. The fourth-order valence-electron chi connectivity index (χ4n) is 10.9. The molecule has 0 saturated carbocycles. The summed E-state index contributed by atoms with van der Waals surface area (Å²) in [5, 5.41) is 5.35. The van der Waals surface area contributed by atoms with Crippen molar-refractivity contribution in [3.8, 4) is 45.4 Å². The molecule has 0 unspecified atom stereocenters. The van der Waals surface area contributed by atoms with Crippen molar-refractivity contribution in [1.82, 2.24) is 19.9 Å². The number of rotatable bonds is 14. The first kappa shape index (κ1) is 69.3. The summed E-state index contributed by atoms with van der Waals surface area (Å²) >= 11 is 20.8. The normalized spacial score (nSPS) is 11.1. The van der Waals surface area contributed by atoms with E-state index in [4.69, 9.17) is 49.4 Å². The van der Waals surface area contributed by atoms with Gasteiger partial charge in [-0.15, -0.1) is 0 Å². The van der Waals surface area contributed by atoms with Crippen LogP contribution in [-0.2, 0) is 23.9 Å². The Labute approximate surface area is 585 Å². The molecule has 14 rings (SSSR count). The smallest absolute Gasteiger partial charge is 0.227 e. The molecule has 0 radical (unpaired) electrons. The third-order valence-corrected chi connectivity index (χ3v) is 17.4. The summed E-state index contributed by atoms with van der Waals surface area (Å²) in [4.78, 5) is 22.5. The van der Waals surface area contributed by atoms with Gasteiger partial charge in [-0.2, -0.15) is 0 Å². The number of hydrogen-bond acceptors (Lipinski definition) is 10. The SMILES string of the molecule is C.C.CC(C)(C)c1cc(Cl)c(Cl)c(N(Cc2ccccc2)c2ccc(-c3nc4ccccc4o3)cc2)c1.CC(C)(C)c1cc(Nc2ccc(-c3nc4ccccc4o3)cc2)c(Cl)c(N(Cc2ccccc2)c2ccc(-c3ccccn3)cc2)c1.Nc1ccc(-c2ccccn2)cc1. The van der Waals surface area contributed by atoms with Gasteiger partial charge < -0.3 is 29.7 Å². The molecule has 3 N–H and O–H groups in total. The molecule has 4 aromatic heterocycles. The standard InChI is InChI=1S/C41H35ClN4O.C30H26Cl2N2O.C11H10N2.2CH4/c1-41(2,3)31-25-36(44-32-20-16-30(17-21-32)40-45-35-14-7-8-15-38(35)47-40)39(42)37(26-31)46(27-28-11-5-4-6-12-28)33-22-18-29(19-23-33)34-13-9-10-24-43-34;1-30(2,3)22-17-24(31)28(32)26(18-22)34(19-20-9-5-4-6-10-20)23-15-13-21(14-16-23)29-33-25-11-7-8-12-27(25)35-29;12-10-6-4-9(5-7-10)11-3-1-2-8-13-11;;/h4-26,44H,27H2,1-3H3;4-18H,19H2,1-3H3;1-8H,12H2;2*1H4. The van der Waals surface area contributed by atoms with Crippen LogP contribution in [0.15, 0.2) is 288 Å². The monoisotopic (exact) mass is 1340 g/mol. The molecule has 0 amide bonds. The van der Waals surface area contributed by atoms with Gasteiger partial charge in [0, 0.05) is 70.5 Å². The first-order valence-corrected chi connectivity index (χ1v) is 32.5. The first-order valence-electron chi connectivity index (χ1n) is 31.4. The van der Waals surface area contributed by atoms with Crippen LogP contribution in [0.2, 0.25) is 15.1 Å². The Morgan fingerprint density at radius 3 is 1.24 bits per heavy atom. The summed E-state index contributed by atoms with van der Waals surface area (Å²) in [6.07, 6.45) is 3.60. The molecule has 13 heteroatoms. The van der Waals surface area contributed by atoms with E-state index in [1.165, 1.54) is 16.7 Å². The number of halogens is 3. The number of nitrogens with zero attached hydrogens (tertiary/aromatic N) is 6. The van der Waals surface area contributed by atoms with E-state index in [1.54, 1.807) is 6.20 Å². The predicted molar refractivity (Wildman–Crippen MR) is 409 cm³/mol. The van der Waals surface area contributed by atoms with Crippen LogP contribution in [0.4, 0.5) is 39.8 Å². The van der Waals surface area contributed by atoms with E-state index in [0.29, 0.717) is 39.9 Å². The number of aromatic nitrogens is 4. The third kappa shape index (κ3) is 17.0. The molecule has 0 aliphatic rings. The van der Waals surface area contributed by atoms with Gasteiger partial charge in [-0.25, -0.2) is 9.97 Å². The largest absolute Gasteiger partial charge is 0.436 e. The number of anilines is 7. The molecule has 0 bridgehead atoms. The maximum Gasteiger partial charge on any atom is 0.227 e. The molecule has 14 aromatic rings. The van der Waals surface area contributed by atoms with Gasteiger partial charge in [0.2, 0.25) is 11.8 Å². The summed E-state index contributed by atoms with van der Waals surface area (Å²) in [6, 6.07) is 89.2. The Balaban J connectivity index is 0.000000179. The number of nitrogens with two attached hydrogens (primary N) is 1. The maximum atomic E-state index is 7.35. The van der Waals surface area contributed by atoms with Crippen LogP contribution in [0.25, 0.3) is 67.6 Å². The molecule has 97 heavy (non-hydrogen) atoms. The third-order valence-electron chi connectivity index (χ3n) is 16.2. The van der Waals surface area contributed by atoms with Gasteiger partial charge in [0.05, 0.1) is 43.5 Å². The Bertz CT molecular complexity index is 4780.